The van der Waals surface area contributed by atoms with Crippen molar-refractivity contribution in [3.8, 4) is 6.07 Å². The number of aromatic nitrogens is 1. The molecule has 2 aliphatic rings. The van der Waals surface area contributed by atoms with E-state index in [1.807, 2.05) is 4.90 Å². The van der Waals surface area contributed by atoms with E-state index in [4.69, 9.17) is 0 Å². The van der Waals surface area contributed by atoms with Gasteiger partial charge in [0.05, 0.1) is 6.07 Å². The Balaban J connectivity index is 1.42. The highest BCUT2D eigenvalue weighted by molar-refractivity contribution is 7.90. The molecule has 158 valence electrons. The zero-order valence-electron chi connectivity index (χ0n) is 16.4. The molecule has 1 amide bonds. The van der Waals surface area contributed by atoms with Crippen molar-refractivity contribution in [2.45, 2.75) is 17.7 Å². The van der Waals surface area contributed by atoms with Crippen LogP contribution in [0.25, 0.3) is 0 Å². The molecular formula is C21H19N5O4S. The van der Waals surface area contributed by atoms with Gasteiger partial charge in [-0.1, -0.05) is 18.2 Å². The number of anilines is 1. The average Bonchev–Trinajstić information content (AvgIpc) is 3.06. The molecule has 2 aliphatic heterocycles. The number of piperidine rings is 1. The number of nitrogens with zero attached hydrogens (tertiary/aromatic N) is 4. The molecule has 1 saturated heterocycles. The van der Waals surface area contributed by atoms with Crippen LogP contribution in [0.15, 0.2) is 58.0 Å². The Morgan fingerprint density at radius 3 is 2.52 bits per heavy atom. The molecule has 0 spiro atoms. The second kappa shape index (κ2) is 8.28. The van der Waals surface area contributed by atoms with E-state index < -0.39 is 33.5 Å². The third-order valence-corrected chi connectivity index (χ3v) is 6.73. The number of hydrogen-bond acceptors (Lipinski definition) is 7. The van der Waals surface area contributed by atoms with Crippen LogP contribution in [0.5, 0.6) is 0 Å². The van der Waals surface area contributed by atoms with Crippen LogP contribution < -0.4 is 5.32 Å². The van der Waals surface area contributed by atoms with Gasteiger partial charge in [-0.05, 0) is 37.1 Å². The number of Topliss-reactive ketones (excluding diaryl/α,β-unsaturated/α-hetero) is 1. The minimum absolute atomic E-state index is 0.180. The number of carbonyl (C=O) groups is 2. The highest BCUT2D eigenvalue weighted by atomic mass is 32.2. The number of pyridine rings is 1. The summed E-state index contributed by atoms with van der Waals surface area (Å²) in [5, 5.41) is 11.9. The third kappa shape index (κ3) is 4.04. The SMILES string of the molecule is N#CC(C(=O)Nc1ccccn1)C(=O)C1CCN(C2=NS(=O)(=O)c3ccccc32)CC1. The molecule has 0 saturated carbocycles. The summed E-state index contributed by atoms with van der Waals surface area (Å²) < 4.78 is 28.5. The number of ketones is 1. The molecule has 1 N–H and O–H groups in total. The third-order valence-electron chi connectivity index (χ3n) is 5.40. The van der Waals surface area contributed by atoms with Crippen molar-refractivity contribution in [1.29, 1.82) is 5.26 Å². The molecule has 9 nitrogen and oxygen atoms in total. The Morgan fingerprint density at radius 2 is 1.84 bits per heavy atom. The summed E-state index contributed by atoms with van der Waals surface area (Å²) in [6, 6.07) is 13.4. The van der Waals surface area contributed by atoms with Crippen LogP contribution in [0.3, 0.4) is 0 Å². The van der Waals surface area contributed by atoms with Gasteiger partial charge in [-0.3, -0.25) is 9.59 Å². The van der Waals surface area contributed by atoms with Crippen molar-refractivity contribution < 1.29 is 18.0 Å². The average molecular weight is 437 g/mol. The highest BCUT2D eigenvalue weighted by Crippen LogP contribution is 2.30. The summed E-state index contributed by atoms with van der Waals surface area (Å²) in [7, 11) is -3.71. The molecule has 31 heavy (non-hydrogen) atoms. The van der Waals surface area contributed by atoms with E-state index in [9.17, 15) is 23.3 Å². The van der Waals surface area contributed by atoms with Gasteiger partial charge in [0.1, 0.15) is 10.7 Å². The van der Waals surface area contributed by atoms with Crippen LogP contribution in [-0.2, 0) is 19.6 Å². The van der Waals surface area contributed by atoms with Crippen LogP contribution in [0, 0.1) is 23.2 Å². The summed E-state index contributed by atoms with van der Waals surface area (Å²) in [4.78, 5) is 31.2. The molecule has 1 aromatic carbocycles. The number of nitriles is 1. The number of amides is 1. The lowest BCUT2D eigenvalue weighted by Gasteiger charge is -2.33. The number of fused-ring (bicyclic) bond motifs is 1. The molecule has 4 rings (SSSR count). The van der Waals surface area contributed by atoms with E-state index >= 15 is 0 Å². The molecular weight excluding hydrogens is 418 g/mol. The Morgan fingerprint density at radius 1 is 1.13 bits per heavy atom. The Hall–Kier alpha value is -3.58. The summed E-state index contributed by atoms with van der Waals surface area (Å²) in [6.45, 7) is 0.804. The van der Waals surface area contributed by atoms with Crippen LogP contribution in [0.1, 0.15) is 18.4 Å². The van der Waals surface area contributed by atoms with Gasteiger partial charge in [0, 0.05) is 30.8 Å². The lowest BCUT2D eigenvalue weighted by atomic mass is 9.85. The quantitative estimate of drug-likeness (QED) is 0.718. The number of carbonyl (C=O) groups excluding carboxylic acids is 2. The number of hydrogen-bond donors (Lipinski definition) is 1. The second-order valence-electron chi connectivity index (χ2n) is 7.32. The van der Waals surface area contributed by atoms with Gasteiger partial charge in [0.2, 0.25) is 0 Å². The van der Waals surface area contributed by atoms with E-state index in [2.05, 4.69) is 14.7 Å². The van der Waals surface area contributed by atoms with Crippen molar-refractivity contribution in [3.63, 3.8) is 0 Å². The van der Waals surface area contributed by atoms with Gasteiger partial charge < -0.3 is 10.2 Å². The molecule has 0 radical (unpaired) electrons. The molecule has 0 bridgehead atoms. The minimum atomic E-state index is -3.71. The minimum Gasteiger partial charge on any atom is -0.355 e. The first kappa shape index (κ1) is 20.7. The number of benzene rings is 1. The highest BCUT2D eigenvalue weighted by Gasteiger charge is 2.37. The summed E-state index contributed by atoms with van der Waals surface area (Å²) in [5.74, 6) is -2.38. The van der Waals surface area contributed by atoms with Gasteiger partial charge in [-0.25, -0.2) is 4.98 Å². The van der Waals surface area contributed by atoms with E-state index in [0.29, 0.717) is 37.3 Å². The topological polar surface area (TPSA) is 133 Å². The van der Waals surface area contributed by atoms with Crippen molar-refractivity contribution in [2.24, 2.45) is 16.2 Å². The standard InChI is InChI=1S/C21H19N5O4S/c22-13-16(21(28)24-18-7-3-4-10-23-18)19(27)14-8-11-26(12-9-14)20-15-5-1-2-6-17(15)31(29,30)25-20/h1-7,10,14,16H,8-9,11-12H2,(H,23,24,28). The van der Waals surface area contributed by atoms with Crippen molar-refractivity contribution in [1.82, 2.24) is 9.88 Å². The fraction of sp³-hybridized carbons (Fsp3) is 0.286. The fourth-order valence-corrected chi connectivity index (χ4v) is 5.04. The summed E-state index contributed by atoms with van der Waals surface area (Å²) in [5.41, 5.74) is 0.553. The Labute approximate surface area is 179 Å². The number of rotatable bonds is 4. The van der Waals surface area contributed by atoms with Crippen molar-refractivity contribution in [2.75, 3.05) is 18.4 Å². The zero-order valence-corrected chi connectivity index (χ0v) is 17.2. The maximum atomic E-state index is 12.8. The predicted octanol–water partition coefficient (Wildman–Crippen LogP) is 1.59. The normalized spacial score (nSPS) is 18.4. The van der Waals surface area contributed by atoms with Crippen LogP contribution >= 0.6 is 0 Å². The summed E-state index contributed by atoms with van der Waals surface area (Å²) >= 11 is 0. The van der Waals surface area contributed by atoms with Crippen molar-refractivity contribution in [3.05, 3.63) is 54.2 Å². The maximum Gasteiger partial charge on any atom is 0.285 e. The fourth-order valence-electron chi connectivity index (χ4n) is 3.81. The van der Waals surface area contributed by atoms with E-state index in [1.54, 1.807) is 42.5 Å². The van der Waals surface area contributed by atoms with E-state index in [1.165, 1.54) is 12.3 Å². The smallest absolute Gasteiger partial charge is 0.285 e. The molecule has 2 aromatic rings. The largest absolute Gasteiger partial charge is 0.355 e. The first-order valence-corrected chi connectivity index (χ1v) is 11.2. The van der Waals surface area contributed by atoms with E-state index in [0.717, 1.165) is 0 Å². The molecule has 1 atom stereocenters. The second-order valence-corrected chi connectivity index (χ2v) is 8.89. The first-order valence-electron chi connectivity index (χ1n) is 9.75. The zero-order chi connectivity index (χ0) is 22.0. The van der Waals surface area contributed by atoms with Gasteiger partial charge in [-0.15, -0.1) is 4.40 Å². The van der Waals surface area contributed by atoms with Crippen LogP contribution in [0.2, 0.25) is 0 Å². The molecule has 1 aromatic heterocycles. The number of nitrogens with one attached hydrogen (secondary N) is 1. The number of likely N-dealkylation sites (tertiary alicyclic amines) is 1. The first-order chi connectivity index (χ1) is 14.9. The monoisotopic (exact) mass is 437 g/mol. The predicted molar refractivity (Wildman–Crippen MR) is 111 cm³/mol. The van der Waals surface area contributed by atoms with Gasteiger partial charge in [0.15, 0.2) is 17.5 Å². The Bertz CT molecular complexity index is 1200. The molecule has 3 heterocycles. The Kier molecular flexibility index (Phi) is 5.52. The molecule has 1 unspecified atom stereocenters. The molecule has 0 aliphatic carbocycles. The lowest BCUT2D eigenvalue weighted by molar-refractivity contribution is -0.132. The maximum absolute atomic E-state index is 12.8. The van der Waals surface area contributed by atoms with Gasteiger partial charge in [0.25, 0.3) is 15.9 Å². The van der Waals surface area contributed by atoms with Gasteiger partial charge in [-0.2, -0.15) is 13.7 Å². The van der Waals surface area contributed by atoms with Crippen LogP contribution in [0.4, 0.5) is 5.82 Å². The van der Waals surface area contributed by atoms with Gasteiger partial charge >= 0.3 is 0 Å². The molecule has 1 fully saturated rings. The van der Waals surface area contributed by atoms with E-state index in [-0.39, 0.29) is 10.7 Å². The summed E-state index contributed by atoms with van der Waals surface area (Å²) in [6.07, 6.45) is 2.29. The van der Waals surface area contributed by atoms with Crippen LogP contribution in [-0.4, -0.2) is 48.9 Å². The number of amidine groups is 1. The lowest BCUT2D eigenvalue weighted by Crippen LogP contribution is -2.42. The number of sulfonamides is 1. The molecule has 10 heteroatoms. The van der Waals surface area contributed by atoms with Crippen molar-refractivity contribution >= 4 is 33.4 Å².